The van der Waals surface area contributed by atoms with Crippen molar-refractivity contribution in [2.75, 3.05) is 6.61 Å². The Hall–Kier alpha value is -2.00. The highest BCUT2D eigenvalue weighted by Gasteiger charge is 2.35. The van der Waals surface area contributed by atoms with E-state index in [0.717, 1.165) is 12.1 Å². The van der Waals surface area contributed by atoms with E-state index in [1.807, 2.05) is 0 Å². The molecule has 1 fully saturated rings. The fraction of sp³-hybridized carbons (Fsp3) is 0.300. The topological polar surface area (TPSA) is 113 Å². The highest BCUT2D eigenvalue weighted by atomic mass is 32.2. The average Bonchev–Trinajstić information content (AvgIpc) is 2.74. The quantitative estimate of drug-likeness (QED) is 0.345. The fourth-order valence-corrected chi connectivity index (χ4v) is 2.82. The van der Waals surface area contributed by atoms with E-state index < -0.39 is 37.7 Å². The van der Waals surface area contributed by atoms with Crippen LogP contribution < -0.4 is 0 Å². The number of para-hydroxylation sites is 1. The van der Waals surface area contributed by atoms with Crippen LogP contribution in [0.2, 0.25) is 0 Å². The Bertz CT molecular complexity index is 625. The highest BCUT2D eigenvalue weighted by Crippen LogP contribution is 2.26. The second-order valence-corrected chi connectivity index (χ2v) is 5.26. The van der Waals surface area contributed by atoms with Crippen LogP contribution >= 0.6 is 0 Å². The third-order valence-electron chi connectivity index (χ3n) is 2.46. The molecule has 0 aromatic heterocycles. The van der Waals surface area contributed by atoms with Crippen LogP contribution in [-0.2, 0) is 23.8 Å². The molecule has 0 N–H and O–H groups in total. The van der Waals surface area contributed by atoms with Gasteiger partial charge in [0.2, 0.25) is 0 Å². The van der Waals surface area contributed by atoms with Crippen LogP contribution in [0.1, 0.15) is 6.42 Å². The van der Waals surface area contributed by atoms with Gasteiger partial charge in [-0.3, -0.25) is 14.3 Å². The summed E-state index contributed by atoms with van der Waals surface area (Å²) in [5, 5.41) is 10.8. The summed E-state index contributed by atoms with van der Waals surface area (Å²) in [4.78, 5) is 20.5. The molecule has 1 atom stereocenters. The first-order chi connectivity index (χ1) is 8.92. The van der Waals surface area contributed by atoms with Gasteiger partial charge in [-0.1, -0.05) is 12.1 Å². The first-order valence-electron chi connectivity index (χ1n) is 5.25. The zero-order valence-electron chi connectivity index (χ0n) is 9.51. The number of nitro benzene ring substituents is 1. The van der Waals surface area contributed by atoms with Crippen LogP contribution in [0.15, 0.2) is 29.2 Å². The maximum absolute atomic E-state index is 11.9. The third-order valence-corrected chi connectivity index (χ3v) is 3.83. The number of hydrogen-bond acceptors (Lipinski definition) is 7. The molecule has 9 heteroatoms. The number of rotatable bonds is 4. The standard InChI is InChI=1S/C10H9NO7S/c12-10-8(5-6-17-10)18-19(15,16)9-4-2-1-3-7(9)11(13)14/h1-4,8H,5-6H2/t8-/m0/s1. The number of carbonyl (C=O) groups excluding carboxylic acids is 1. The van der Waals surface area contributed by atoms with E-state index in [9.17, 15) is 23.3 Å². The Morgan fingerprint density at radius 3 is 2.63 bits per heavy atom. The van der Waals surface area contributed by atoms with E-state index in [0.29, 0.717) is 0 Å². The lowest BCUT2D eigenvalue weighted by atomic mass is 10.3. The van der Waals surface area contributed by atoms with Gasteiger partial charge in [-0.2, -0.15) is 8.42 Å². The molecule has 2 rings (SSSR count). The monoisotopic (exact) mass is 287 g/mol. The predicted molar refractivity (Wildman–Crippen MR) is 60.7 cm³/mol. The zero-order chi connectivity index (χ0) is 14.0. The number of benzene rings is 1. The molecule has 102 valence electrons. The van der Waals surface area contributed by atoms with Gasteiger partial charge in [-0.15, -0.1) is 0 Å². The van der Waals surface area contributed by atoms with Crippen molar-refractivity contribution in [1.29, 1.82) is 0 Å². The largest absolute Gasteiger partial charge is 0.464 e. The van der Waals surface area contributed by atoms with E-state index in [4.69, 9.17) is 0 Å². The van der Waals surface area contributed by atoms with Crippen molar-refractivity contribution in [3.63, 3.8) is 0 Å². The van der Waals surface area contributed by atoms with E-state index in [-0.39, 0.29) is 13.0 Å². The van der Waals surface area contributed by atoms with Crippen molar-refractivity contribution in [3.05, 3.63) is 34.4 Å². The number of ether oxygens (including phenoxy) is 1. The minimum atomic E-state index is -4.39. The van der Waals surface area contributed by atoms with Gasteiger partial charge in [0.1, 0.15) is 0 Å². The fourth-order valence-electron chi connectivity index (χ4n) is 1.59. The third kappa shape index (κ3) is 2.71. The lowest BCUT2D eigenvalue weighted by molar-refractivity contribution is -0.387. The summed E-state index contributed by atoms with van der Waals surface area (Å²) in [6.45, 7) is 0.0654. The molecule has 1 aliphatic heterocycles. The number of hydrogen-bond donors (Lipinski definition) is 0. The van der Waals surface area contributed by atoms with Gasteiger partial charge >= 0.3 is 16.1 Å². The number of esters is 1. The number of nitrogens with zero attached hydrogens (tertiary/aromatic N) is 1. The average molecular weight is 287 g/mol. The summed E-state index contributed by atoms with van der Waals surface area (Å²) in [5.41, 5.74) is -0.603. The molecule has 1 aromatic rings. The molecule has 0 saturated carbocycles. The Labute approximate surface area is 108 Å². The first kappa shape index (κ1) is 13.4. The molecule has 0 aliphatic carbocycles. The van der Waals surface area contributed by atoms with Crippen LogP contribution in [0.5, 0.6) is 0 Å². The number of cyclic esters (lactones) is 1. The zero-order valence-corrected chi connectivity index (χ0v) is 10.3. The van der Waals surface area contributed by atoms with Crippen molar-refractivity contribution in [1.82, 2.24) is 0 Å². The number of nitro groups is 1. The van der Waals surface area contributed by atoms with E-state index >= 15 is 0 Å². The second kappa shape index (κ2) is 4.94. The predicted octanol–water partition coefficient (Wildman–Crippen LogP) is 0.616. The summed E-state index contributed by atoms with van der Waals surface area (Å²) in [5.74, 6) is -0.790. The Kier molecular flexibility index (Phi) is 3.49. The summed E-state index contributed by atoms with van der Waals surface area (Å²) < 4.78 is 33.1. The lowest BCUT2D eigenvalue weighted by Gasteiger charge is -2.08. The maximum Gasteiger partial charge on any atom is 0.336 e. The normalized spacial score (nSPS) is 19.2. The van der Waals surface area contributed by atoms with Crippen LogP contribution in [0.4, 0.5) is 5.69 Å². The van der Waals surface area contributed by atoms with Crippen LogP contribution in [-0.4, -0.2) is 32.0 Å². The molecule has 1 saturated heterocycles. The number of carbonyl (C=O) groups is 1. The minimum absolute atomic E-state index is 0.0654. The van der Waals surface area contributed by atoms with Crippen molar-refractivity contribution >= 4 is 21.8 Å². The lowest BCUT2D eigenvalue weighted by Crippen LogP contribution is -2.23. The summed E-state index contributed by atoms with van der Waals surface area (Å²) in [6.07, 6.45) is -1.15. The molecule has 0 bridgehead atoms. The molecule has 8 nitrogen and oxygen atoms in total. The second-order valence-electron chi connectivity index (χ2n) is 3.72. The van der Waals surface area contributed by atoms with Crippen molar-refractivity contribution < 1.29 is 27.1 Å². The van der Waals surface area contributed by atoms with Gasteiger partial charge in [0.05, 0.1) is 11.5 Å². The molecule has 0 amide bonds. The molecule has 0 spiro atoms. The first-order valence-corrected chi connectivity index (χ1v) is 6.66. The van der Waals surface area contributed by atoms with E-state index in [1.54, 1.807) is 0 Å². The summed E-state index contributed by atoms with van der Waals surface area (Å²) >= 11 is 0. The van der Waals surface area contributed by atoms with Gasteiger partial charge in [0.15, 0.2) is 11.0 Å². The summed E-state index contributed by atoms with van der Waals surface area (Å²) in [7, 11) is -4.39. The van der Waals surface area contributed by atoms with Gasteiger partial charge in [0, 0.05) is 12.5 Å². The molecule has 19 heavy (non-hydrogen) atoms. The van der Waals surface area contributed by atoms with Gasteiger partial charge in [0.25, 0.3) is 5.69 Å². The molecule has 1 aliphatic rings. The van der Waals surface area contributed by atoms with E-state index in [1.165, 1.54) is 12.1 Å². The minimum Gasteiger partial charge on any atom is -0.464 e. The van der Waals surface area contributed by atoms with Crippen LogP contribution in [0.25, 0.3) is 0 Å². The van der Waals surface area contributed by atoms with Crippen molar-refractivity contribution in [3.8, 4) is 0 Å². The molecular weight excluding hydrogens is 278 g/mol. The Morgan fingerprint density at radius 2 is 2.05 bits per heavy atom. The smallest absolute Gasteiger partial charge is 0.336 e. The molecule has 0 unspecified atom stereocenters. The Morgan fingerprint density at radius 1 is 1.37 bits per heavy atom. The maximum atomic E-state index is 11.9. The van der Waals surface area contributed by atoms with E-state index in [2.05, 4.69) is 8.92 Å². The van der Waals surface area contributed by atoms with Gasteiger partial charge in [-0.25, -0.2) is 4.79 Å². The summed E-state index contributed by atoms with van der Waals surface area (Å²) in [6, 6.07) is 4.76. The Balaban J connectivity index is 2.34. The molecule has 1 heterocycles. The highest BCUT2D eigenvalue weighted by molar-refractivity contribution is 7.87. The molecule has 0 radical (unpaired) electrons. The van der Waals surface area contributed by atoms with Crippen LogP contribution in [0.3, 0.4) is 0 Å². The SMILES string of the molecule is O=C1OCC[C@@H]1OS(=O)(=O)c1ccccc1[N+](=O)[O-]. The molecule has 1 aromatic carbocycles. The van der Waals surface area contributed by atoms with Crippen molar-refractivity contribution in [2.24, 2.45) is 0 Å². The van der Waals surface area contributed by atoms with Crippen LogP contribution in [0, 0.1) is 10.1 Å². The van der Waals surface area contributed by atoms with Gasteiger partial charge in [-0.05, 0) is 6.07 Å². The van der Waals surface area contributed by atoms with Gasteiger partial charge < -0.3 is 4.74 Å². The van der Waals surface area contributed by atoms with Crippen molar-refractivity contribution in [2.45, 2.75) is 17.4 Å². The molecular formula is C10H9NO7S.